The van der Waals surface area contributed by atoms with Crippen LogP contribution in [0.5, 0.6) is 0 Å². The van der Waals surface area contributed by atoms with Crippen LogP contribution >= 0.6 is 11.3 Å². The Hall–Kier alpha value is -2.33. The van der Waals surface area contributed by atoms with Gasteiger partial charge < -0.3 is 4.90 Å². The lowest BCUT2D eigenvalue weighted by Gasteiger charge is -2.25. The third-order valence-electron chi connectivity index (χ3n) is 5.80. The summed E-state index contributed by atoms with van der Waals surface area (Å²) < 4.78 is 27.9. The van der Waals surface area contributed by atoms with E-state index in [1.807, 2.05) is 38.1 Å². The van der Waals surface area contributed by atoms with E-state index in [4.69, 9.17) is 4.98 Å². The molecule has 0 radical (unpaired) electrons. The third kappa shape index (κ3) is 5.60. The van der Waals surface area contributed by atoms with Gasteiger partial charge in [-0.25, -0.2) is 13.4 Å². The van der Waals surface area contributed by atoms with Crippen LogP contribution in [-0.4, -0.2) is 67.8 Å². The Labute approximate surface area is 200 Å². The van der Waals surface area contributed by atoms with Crippen LogP contribution in [0.25, 0.3) is 10.2 Å². The number of para-hydroxylation sites is 1. The number of rotatable bonds is 10. The molecule has 0 atom stereocenters. The molecule has 0 N–H and O–H groups in total. The lowest BCUT2D eigenvalue weighted by Crippen LogP contribution is -2.39. The zero-order chi connectivity index (χ0) is 24.2. The fourth-order valence-corrected chi connectivity index (χ4v) is 5.77. The maximum absolute atomic E-state index is 13.5. The molecule has 0 aliphatic rings. The van der Waals surface area contributed by atoms with Crippen molar-refractivity contribution in [1.82, 2.24) is 14.2 Å². The standard InChI is InChI=1S/C24H32N4O3S2/c1-6-27(7-2)16-17-28(24-25-21-10-8-9-11-22(21)32-24)23(29)19-12-14-20(15-13-19)33(30,31)26(5)18(3)4/h8-15,18H,6-7,16-17H2,1-5H3. The Morgan fingerprint density at radius 3 is 2.21 bits per heavy atom. The van der Waals surface area contributed by atoms with E-state index in [1.54, 1.807) is 24.1 Å². The summed E-state index contributed by atoms with van der Waals surface area (Å²) in [6.07, 6.45) is 0. The number of nitrogens with zero attached hydrogens (tertiary/aromatic N) is 4. The maximum Gasteiger partial charge on any atom is 0.260 e. The topological polar surface area (TPSA) is 73.8 Å². The molecule has 0 unspecified atom stereocenters. The van der Waals surface area contributed by atoms with E-state index in [-0.39, 0.29) is 16.8 Å². The molecule has 0 fully saturated rings. The summed E-state index contributed by atoms with van der Waals surface area (Å²) in [5.41, 5.74) is 1.29. The summed E-state index contributed by atoms with van der Waals surface area (Å²) in [5.74, 6) is -0.192. The molecule has 0 spiro atoms. The average molecular weight is 489 g/mol. The van der Waals surface area contributed by atoms with Crippen molar-refractivity contribution in [2.45, 2.75) is 38.6 Å². The second-order valence-corrected chi connectivity index (χ2v) is 11.1. The van der Waals surface area contributed by atoms with Gasteiger partial charge in [0.25, 0.3) is 5.91 Å². The number of anilines is 1. The van der Waals surface area contributed by atoms with Crippen molar-refractivity contribution in [3.05, 3.63) is 54.1 Å². The van der Waals surface area contributed by atoms with E-state index in [0.717, 1.165) is 29.9 Å². The van der Waals surface area contributed by atoms with Crippen LogP contribution in [0.3, 0.4) is 0 Å². The van der Waals surface area contributed by atoms with Crippen LogP contribution in [0, 0.1) is 0 Å². The average Bonchev–Trinajstić information content (AvgIpc) is 3.25. The van der Waals surface area contributed by atoms with Gasteiger partial charge in [-0.2, -0.15) is 4.31 Å². The lowest BCUT2D eigenvalue weighted by molar-refractivity contribution is 0.0983. The molecule has 0 saturated carbocycles. The smallest absolute Gasteiger partial charge is 0.260 e. The second-order valence-electron chi connectivity index (χ2n) is 8.09. The number of thiazole rings is 1. The van der Waals surface area contributed by atoms with Crippen LogP contribution in [0.1, 0.15) is 38.1 Å². The lowest BCUT2D eigenvalue weighted by atomic mass is 10.2. The number of likely N-dealkylation sites (N-methyl/N-ethyl adjacent to an activating group) is 1. The van der Waals surface area contributed by atoms with E-state index in [9.17, 15) is 13.2 Å². The maximum atomic E-state index is 13.5. The molecule has 1 heterocycles. The fraction of sp³-hybridized carbons (Fsp3) is 0.417. The van der Waals surface area contributed by atoms with Gasteiger partial charge in [-0.05, 0) is 63.3 Å². The minimum atomic E-state index is -3.61. The molecule has 0 aliphatic carbocycles. The monoisotopic (exact) mass is 488 g/mol. The van der Waals surface area contributed by atoms with Crippen molar-refractivity contribution in [1.29, 1.82) is 0 Å². The summed E-state index contributed by atoms with van der Waals surface area (Å²) in [4.78, 5) is 22.3. The molecule has 3 rings (SSSR count). The summed E-state index contributed by atoms with van der Waals surface area (Å²) >= 11 is 1.48. The first kappa shape index (κ1) is 25.3. The summed E-state index contributed by atoms with van der Waals surface area (Å²) in [7, 11) is -2.05. The van der Waals surface area contributed by atoms with E-state index in [2.05, 4.69) is 18.7 Å². The fourth-order valence-electron chi connectivity index (χ4n) is 3.41. The SMILES string of the molecule is CCN(CC)CCN(C(=O)c1ccc(S(=O)(=O)N(C)C(C)C)cc1)c1nc2ccccc2s1. The van der Waals surface area contributed by atoms with Crippen molar-refractivity contribution in [3.63, 3.8) is 0 Å². The zero-order valence-corrected chi connectivity index (χ0v) is 21.5. The molecule has 7 nitrogen and oxygen atoms in total. The van der Waals surface area contributed by atoms with Crippen LogP contribution in [0.2, 0.25) is 0 Å². The Balaban J connectivity index is 1.92. The van der Waals surface area contributed by atoms with E-state index in [1.165, 1.54) is 27.8 Å². The van der Waals surface area contributed by atoms with Gasteiger partial charge >= 0.3 is 0 Å². The van der Waals surface area contributed by atoms with Gasteiger partial charge in [0.2, 0.25) is 10.0 Å². The molecule has 2 aromatic carbocycles. The van der Waals surface area contributed by atoms with Gasteiger partial charge in [0.15, 0.2) is 5.13 Å². The Morgan fingerprint density at radius 1 is 1.00 bits per heavy atom. The quantitative estimate of drug-likeness (QED) is 0.425. The van der Waals surface area contributed by atoms with Crippen molar-refractivity contribution < 1.29 is 13.2 Å². The zero-order valence-electron chi connectivity index (χ0n) is 19.9. The highest BCUT2D eigenvalue weighted by Crippen LogP contribution is 2.30. The molecule has 178 valence electrons. The molecule has 0 bridgehead atoms. The number of carbonyl (C=O) groups is 1. The molecule has 0 saturated heterocycles. The van der Waals surface area contributed by atoms with Crippen molar-refractivity contribution >= 4 is 42.6 Å². The predicted octanol–water partition coefficient (Wildman–Crippen LogP) is 4.31. The van der Waals surface area contributed by atoms with E-state index in [0.29, 0.717) is 17.2 Å². The first-order valence-corrected chi connectivity index (χ1v) is 13.4. The van der Waals surface area contributed by atoms with Gasteiger partial charge in [0.05, 0.1) is 15.1 Å². The number of aromatic nitrogens is 1. The number of hydrogen-bond donors (Lipinski definition) is 0. The Bertz CT molecular complexity index is 1150. The minimum Gasteiger partial charge on any atom is -0.302 e. The van der Waals surface area contributed by atoms with Crippen LogP contribution < -0.4 is 4.90 Å². The summed E-state index contributed by atoms with van der Waals surface area (Å²) in [5, 5.41) is 0.643. The molecule has 0 aliphatic heterocycles. The predicted molar refractivity (Wildman–Crippen MR) is 136 cm³/mol. The highest BCUT2D eigenvalue weighted by molar-refractivity contribution is 7.89. The normalized spacial score (nSPS) is 12.2. The Morgan fingerprint density at radius 2 is 1.64 bits per heavy atom. The number of benzene rings is 2. The van der Waals surface area contributed by atoms with Gasteiger partial charge in [0, 0.05) is 31.7 Å². The van der Waals surface area contributed by atoms with Gasteiger partial charge in [-0.15, -0.1) is 0 Å². The van der Waals surface area contributed by atoms with Crippen LogP contribution in [0.4, 0.5) is 5.13 Å². The Kier molecular flexibility index (Phi) is 8.23. The molecule has 3 aromatic rings. The largest absolute Gasteiger partial charge is 0.302 e. The minimum absolute atomic E-state index is 0.161. The molecular formula is C24H32N4O3S2. The van der Waals surface area contributed by atoms with Gasteiger partial charge in [0.1, 0.15) is 0 Å². The summed E-state index contributed by atoms with van der Waals surface area (Å²) in [6, 6.07) is 13.8. The number of sulfonamides is 1. The van der Waals surface area contributed by atoms with Crippen LogP contribution in [-0.2, 0) is 10.0 Å². The van der Waals surface area contributed by atoms with Crippen LogP contribution in [0.15, 0.2) is 53.4 Å². The first-order chi connectivity index (χ1) is 15.7. The number of carbonyl (C=O) groups excluding carboxylic acids is 1. The van der Waals surface area contributed by atoms with Crippen molar-refractivity contribution in [3.8, 4) is 0 Å². The van der Waals surface area contributed by atoms with Crippen molar-refractivity contribution in [2.75, 3.05) is 38.1 Å². The van der Waals surface area contributed by atoms with E-state index < -0.39 is 10.0 Å². The highest BCUT2D eigenvalue weighted by Gasteiger charge is 2.25. The molecule has 9 heteroatoms. The highest BCUT2D eigenvalue weighted by atomic mass is 32.2. The van der Waals surface area contributed by atoms with Crippen molar-refractivity contribution in [2.24, 2.45) is 0 Å². The number of hydrogen-bond acceptors (Lipinski definition) is 6. The van der Waals surface area contributed by atoms with Gasteiger partial charge in [-0.1, -0.05) is 37.3 Å². The second kappa shape index (κ2) is 10.7. The summed E-state index contributed by atoms with van der Waals surface area (Å²) in [6.45, 7) is 10.9. The van der Waals surface area contributed by atoms with Gasteiger partial charge in [-0.3, -0.25) is 9.69 Å². The number of fused-ring (bicyclic) bond motifs is 1. The number of amides is 1. The molecular weight excluding hydrogens is 456 g/mol. The molecule has 1 aromatic heterocycles. The first-order valence-electron chi connectivity index (χ1n) is 11.2. The molecule has 33 heavy (non-hydrogen) atoms. The molecule has 1 amide bonds. The third-order valence-corrected chi connectivity index (χ3v) is 8.91. The van der Waals surface area contributed by atoms with E-state index >= 15 is 0 Å².